The maximum Gasteiger partial charge on any atom is 0.0774 e. The molecular formula is C15H29NO. The molecule has 1 fully saturated rings. The van der Waals surface area contributed by atoms with Crippen LogP contribution in [0.25, 0.3) is 0 Å². The molecule has 100 valence electrons. The quantitative estimate of drug-likeness (QED) is 0.503. The van der Waals surface area contributed by atoms with Crippen molar-refractivity contribution in [3.05, 3.63) is 12.7 Å². The van der Waals surface area contributed by atoms with Crippen molar-refractivity contribution >= 4 is 0 Å². The van der Waals surface area contributed by atoms with Crippen LogP contribution >= 0.6 is 0 Å². The monoisotopic (exact) mass is 239 g/mol. The number of unbranched alkanes of at least 4 members (excludes halogenated alkanes) is 3. The van der Waals surface area contributed by atoms with Gasteiger partial charge >= 0.3 is 0 Å². The fraction of sp³-hybridized carbons (Fsp3) is 0.867. The van der Waals surface area contributed by atoms with E-state index in [-0.39, 0.29) is 0 Å². The van der Waals surface area contributed by atoms with Crippen molar-refractivity contribution in [3.63, 3.8) is 0 Å². The summed E-state index contributed by atoms with van der Waals surface area (Å²) in [5, 5.41) is 13.8. The third kappa shape index (κ3) is 6.23. The minimum absolute atomic E-state index is 0.432. The van der Waals surface area contributed by atoms with E-state index in [0.717, 1.165) is 32.4 Å². The van der Waals surface area contributed by atoms with Crippen LogP contribution in [-0.2, 0) is 0 Å². The third-order valence-corrected chi connectivity index (χ3v) is 3.78. The highest BCUT2D eigenvalue weighted by Crippen LogP contribution is 2.31. The molecule has 0 aromatic heterocycles. The SMILES string of the molecule is C=CCCCCCNCC1(O)CCCC(C)C1. The van der Waals surface area contributed by atoms with E-state index in [9.17, 15) is 5.11 Å². The zero-order valence-electron chi connectivity index (χ0n) is 11.4. The summed E-state index contributed by atoms with van der Waals surface area (Å²) in [6, 6.07) is 0. The predicted octanol–water partition coefficient (Wildman–Crippen LogP) is 3.26. The first-order chi connectivity index (χ1) is 8.16. The molecule has 2 atom stereocenters. The zero-order chi connectivity index (χ0) is 12.6. The van der Waals surface area contributed by atoms with Gasteiger partial charge in [0.05, 0.1) is 5.60 Å². The van der Waals surface area contributed by atoms with E-state index in [2.05, 4.69) is 18.8 Å². The Morgan fingerprint density at radius 3 is 2.94 bits per heavy atom. The van der Waals surface area contributed by atoms with Crippen molar-refractivity contribution in [1.29, 1.82) is 0 Å². The lowest BCUT2D eigenvalue weighted by Crippen LogP contribution is -2.44. The molecule has 1 aliphatic carbocycles. The van der Waals surface area contributed by atoms with E-state index >= 15 is 0 Å². The Morgan fingerprint density at radius 2 is 2.24 bits per heavy atom. The summed E-state index contributed by atoms with van der Waals surface area (Å²) in [5.41, 5.74) is -0.432. The van der Waals surface area contributed by atoms with Gasteiger partial charge in [0.2, 0.25) is 0 Å². The van der Waals surface area contributed by atoms with Crippen LogP contribution in [0.4, 0.5) is 0 Å². The van der Waals surface area contributed by atoms with E-state index in [4.69, 9.17) is 0 Å². The molecule has 0 aromatic rings. The van der Waals surface area contributed by atoms with Gasteiger partial charge in [0, 0.05) is 6.54 Å². The van der Waals surface area contributed by atoms with Gasteiger partial charge in [-0.25, -0.2) is 0 Å². The molecule has 0 heterocycles. The van der Waals surface area contributed by atoms with Gasteiger partial charge in [-0.2, -0.15) is 0 Å². The van der Waals surface area contributed by atoms with Crippen molar-refractivity contribution in [2.75, 3.05) is 13.1 Å². The molecule has 2 N–H and O–H groups in total. The van der Waals surface area contributed by atoms with Crippen molar-refractivity contribution in [2.24, 2.45) is 5.92 Å². The molecule has 0 radical (unpaired) electrons. The minimum atomic E-state index is -0.432. The number of nitrogens with one attached hydrogen (secondary N) is 1. The van der Waals surface area contributed by atoms with Crippen molar-refractivity contribution in [3.8, 4) is 0 Å². The molecule has 2 nitrogen and oxygen atoms in total. The number of aliphatic hydroxyl groups is 1. The summed E-state index contributed by atoms with van der Waals surface area (Å²) >= 11 is 0. The Balaban J connectivity index is 2.03. The minimum Gasteiger partial charge on any atom is -0.389 e. The number of allylic oxidation sites excluding steroid dienone is 1. The van der Waals surface area contributed by atoms with Crippen LogP contribution in [0.2, 0.25) is 0 Å². The maximum atomic E-state index is 10.4. The Kier molecular flexibility index (Phi) is 6.83. The second kappa shape index (κ2) is 7.88. The van der Waals surface area contributed by atoms with Crippen LogP contribution in [0.3, 0.4) is 0 Å². The summed E-state index contributed by atoms with van der Waals surface area (Å²) in [6.45, 7) is 7.78. The van der Waals surface area contributed by atoms with Gasteiger partial charge in [-0.05, 0) is 44.6 Å². The van der Waals surface area contributed by atoms with E-state index in [0.29, 0.717) is 5.92 Å². The van der Waals surface area contributed by atoms with Crippen LogP contribution in [0, 0.1) is 5.92 Å². The molecule has 1 aliphatic rings. The lowest BCUT2D eigenvalue weighted by Gasteiger charge is -2.35. The Morgan fingerprint density at radius 1 is 1.41 bits per heavy atom. The van der Waals surface area contributed by atoms with Gasteiger partial charge in [-0.1, -0.05) is 32.3 Å². The maximum absolute atomic E-state index is 10.4. The molecule has 0 amide bonds. The van der Waals surface area contributed by atoms with Crippen LogP contribution in [0.1, 0.15) is 58.3 Å². The molecular weight excluding hydrogens is 210 g/mol. The number of rotatable bonds is 8. The first-order valence-electron chi connectivity index (χ1n) is 7.20. The van der Waals surface area contributed by atoms with Gasteiger partial charge in [0.15, 0.2) is 0 Å². The number of hydrogen-bond donors (Lipinski definition) is 2. The summed E-state index contributed by atoms with van der Waals surface area (Å²) < 4.78 is 0. The van der Waals surface area contributed by atoms with Crippen molar-refractivity contribution in [2.45, 2.75) is 63.9 Å². The highest BCUT2D eigenvalue weighted by Gasteiger charge is 2.31. The summed E-state index contributed by atoms with van der Waals surface area (Å²) in [7, 11) is 0. The predicted molar refractivity (Wildman–Crippen MR) is 74.1 cm³/mol. The van der Waals surface area contributed by atoms with Gasteiger partial charge in [-0.3, -0.25) is 0 Å². The Labute approximate surface area is 106 Å². The lowest BCUT2D eigenvalue weighted by molar-refractivity contribution is -0.0115. The van der Waals surface area contributed by atoms with Gasteiger partial charge in [0.25, 0.3) is 0 Å². The van der Waals surface area contributed by atoms with Crippen LogP contribution in [-0.4, -0.2) is 23.8 Å². The fourth-order valence-corrected chi connectivity index (χ4v) is 2.83. The Bertz CT molecular complexity index is 217. The highest BCUT2D eigenvalue weighted by molar-refractivity contribution is 4.86. The van der Waals surface area contributed by atoms with Crippen molar-refractivity contribution < 1.29 is 5.11 Å². The summed E-state index contributed by atoms with van der Waals surface area (Å²) in [5.74, 6) is 0.683. The molecule has 1 rings (SSSR count). The zero-order valence-corrected chi connectivity index (χ0v) is 11.4. The molecule has 0 bridgehead atoms. The second-order valence-corrected chi connectivity index (χ2v) is 5.74. The van der Waals surface area contributed by atoms with Crippen LogP contribution in [0.5, 0.6) is 0 Å². The normalized spacial score (nSPS) is 29.2. The Hall–Kier alpha value is -0.340. The molecule has 0 aromatic carbocycles. The number of hydrogen-bond acceptors (Lipinski definition) is 2. The average Bonchev–Trinajstić information content (AvgIpc) is 2.27. The highest BCUT2D eigenvalue weighted by atomic mass is 16.3. The molecule has 1 saturated carbocycles. The first-order valence-corrected chi connectivity index (χ1v) is 7.20. The second-order valence-electron chi connectivity index (χ2n) is 5.74. The fourth-order valence-electron chi connectivity index (χ4n) is 2.83. The molecule has 17 heavy (non-hydrogen) atoms. The van der Waals surface area contributed by atoms with E-state index in [1.165, 1.54) is 32.1 Å². The largest absolute Gasteiger partial charge is 0.389 e. The van der Waals surface area contributed by atoms with Gasteiger partial charge in [0.1, 0.15) is 0 Å². The van der Waals surface area contributed by atoms with E-state index < -0.39 is 5.60 Å². The molecule has 0 spiro atoms. The van der Waals surface area contributed by atoms with Crippen LogP contribution < -0.4 is 5.32 Å². The van der Waals surface area contributed by atoms with Gasteiger partial charge in [-0.15, -0.1) is 6.58 Å². The van der Waals surface area contributed by atoms with Gasteiger partial charge < -0.3 is 10.4 Å². The standard InChI is InChI=1S/C15H29NO/c1-3-4-5-6-7-11-16-13-15(17)10-8-9-14(2)12-15/h3,14,16-17H,1,4-13H2,2H3. The topological polar surface area (TPSA) is 32.3 Å². The van der Waals surface area contributed by atoms with Crippen molar-refractivity contribution in [1.82, 2.24) is 5.32 Å². The molecule has 2 unspecified atom stereocenters. The molecule has 0 aliphatic heterocycles. The first kappa shape index (κ1) is 14.7. The summed E-state index contributed by atoms with van der Waals surface area (Å²) in [4.78, 5) is 0. The summed E-state index contributed by atoms with van der Waals surface area (Å²) in [6.07, 6.45) is 11.2. The van der Waals surface area contributed by atoms with E-state index in [1.807, 2.05) is 6.08 Å². The van der Waals surface area contributed by atoms with Crippen LogP contribution in [0.15, 0.2) is 12.7 Å². The molecule has 2 heteroatoms. The third-order valence-electron chi connectivity index (χ3n) is 3.78. The smallest absolute Gasteiger partial charge is 0.0774 e. The van der Waals surface area contributed by atoms with E-state index in [1.54, 1.807) is 0 Å². The average molecular weight is 239 g/mol. The lowest BCUT2D eigenvalue weighted by atomic mass is 9.79. The molecule has 0 saturated heterocycles.